The van der Waals surface area contributed by atoms with Crippen molar-refractivity contribution in [2.24, 2.45) is 11.8 Å². The van der Waals surface area contributed by atoms with Gasteiger partial charge in [-0.2, -0.15) is 0 Å². The molecule has 2 saturated carbocycles. The zero-order valence-corrected chi connectivity index (χ0v) is 23.9. The molecule has 2 aliphatic carbocycles. The van der Waals surface area contributed by atoms with E-state index in [1.165, 1.54) is 28.9 Å². The summed E-state index contributed by atoms with van der Waals surface area (Å²) in [4.78, 5) is 17.4. The molecule has 0 bridgehead atoms. The lowest BCUT2D eigenvalue weighted by Crippen LogP contribution is -2.26. The van der Waals surface area contributed by atoms with Gasteiger partial charge in [0.2, 0.25) is 5.91 Å². The SMILES string of the molecule is COc1ccc(C2CCC(Cc3c(NC(=O)C4CCCCC4)ccc(O)c3COc3nccs3)CC2)cc1C. The van der Waals surface area contributed by atoms with Crippen molar-refractivity contribution in [2.45, 2.75) is 83.7 Å². The largest absolute Gasteiger partial charge is 0.508 e. The predicted molar refractivity (Wildman–Crippen MR) is 156 cm³/mol. The monoisotopic (exact) mass is 548 g/mol. The molecule has 1 heterocycles. The molecule has 6 nitrogen and oxygen atoms in total. The second kappa shape index (κ2) is 12.9. The number of ether oxygens (including phenoxy) is 2. The van der Waals surface area contributed by atoms with Gasteiger partial charge < -0.3 is 19.9 Å². The third kappa shape index (κ3) is 6.75. The van der Waals surface area contributed by atoms with E-state index in [-0.39, 0.29) is 24.2 Å². The summed E-state index contributed by atoms with van der Waals surface area (Å²) >= 11 is 1.43. The van der Waals surface area contributed by atoms with Crippen LogP contribution in [0.25, 0.3) is 0 Å². The highest BCUT2D eigenvalue weighted by Gasteiger charge is 2.27. The first kappa shape index (κ1) is 27.5. The van der Waals surface area contributed by atoms with Gasteiger partial charge in [0.1, 0.15) is 18.1 Å². The van der Waals surface area contributed by atoms with E-state index >= 15 is 0 Å². The number of thiazole rings is 1. The van der Waals surface area contributed by atoms with Gasteiger partial charge in [0.25, 0.3) is 5.19 Å². The van der Waals surface area contributed by atoms with E-state index in [9.17, 15) is 9.90 Å². The Kier molecular flexibility index (Phi) is 9.07. The maximum atomic E-state index is 13.2. The molecule has 2 fully saturated rings. The molecule has 0 unspecified atom stereocenters. The van der Waals surface area contributed by atoms with Gasteiger partial charge in [-0.1, -0.05) is 42.7 Å². The number of nitrogens with zero attached hydrogens (tertiary/aromatic N) is 1. The Morgan fingerprint density at radius 2 is 1.85 bits per heavy atom. The topological polar surface area (TPSA) is 80.7 Å². The Labute approximate surface area is 235 Å². The number of aromatic nitrogens is 1. The van der Waals surface area contributed by atoms with Gasteiger partial charge in [-0.25, -0.2) is 4.98 Å². The quantitative estimate of drug-likeness (QED) is 0.267. The lowest BCUT2D eigenvalue weighted by Gasteiger charge is -2.30. The van der Waals surface area contributed by atoms with E-state index in [1.54, 1.807) is 19.4 Å². The van der Waals surface area contributed by atoms with Crippen LogP contribution in [0.15, 0.2) is 41.9 Å². The molecule has 2 aromatic carbocycles. The number of hydrogen-bond donors (Lipinski definition) is 2. The first-order chi connectivity index (χ1) is 19.0. The Hall–Kier alpha value is -3.06. The van der Waals surface area contributed by atoms with Crippen LogP contribution in [0.4, 0.5) is 5.69 Å². The molecule has 1 aromatic heterocycles. The van der Waals surface area contributed by atoms with Crippen molar-refractivity contribution in [3.8, 4) is 16.7 Å². The highest BCUT2D eigenvalue weighted by molar-refractivity contribution is 7.11. The average Bonchev–Trinajstić information content (AvgIpc) is 3.49. The third-order valence-corrected chi connectivity index (χ3v) is 9.30. The maximum Gasteiger partial charge on any atom is 0.273 e. The van der Waals surface area contributed by atoms with Crippen LogP contribution in [-0.2, 0) is 17.8 Å². The number of anilines is 1. The second-order valence-electron chi connectivity index (χ2n) is 11.2. The number of methoxy groups -OCH3 is 1. The lowest BCUT2D eigenvalue weighted by atomic mass is 9.76. The minimum atomic E-state index is 0.0683. The summed E-state index contributed by atoms with van der Waals surface area (Å²) in [5.41, 5.74) is 5.13. The average molecular weight is 549 g/mol. The fourth-order valence-electron chi connectivity index (χ4n) is 6.35. The number of phenols is 1. The highest BCUT2D eigenvalue weighted by atomic mass is 32.1. The number of benzene rings is 2. The predicted octanol–water partition coefficient (Wildman–Crippen LogP) is 7.78. The van der Waals surface area contributed by atoms with Crippen LogP contribution < -0.4 is 14.8 Å². The molecule has 0 saturated heterocycles. The molecule has 3 aromatic rings. The molecular weight excluding hydrogens is 508 g/mol. The van der Waals surface area contributed by atoms with Crippen molar-refractivity contribution < 1.29 is 19.4 Å². The summed E-state index contributed by atoms with van der Waals surface area (Å²) in [6.07, 6.45) is 12.3. The summed E-state index contributed by atoms with van der Waals surface area (Å²) in [6.45, 7) is 2.33. The first-order valence-electron chi connectivity index (χ1n) is 14.3. The van der Waals surface area contributed by atoms with Crippen LogP contribution in [0.5, 0.6) is 16.7 Å². The van der Waals surface area contributed by atoms with E-state index in [0.29, 0.717) is 17.0 Å². The number of phenolic OH excluding ortho intramolecular Hbond substituents is 1. The molecule has 208 valence electrons. The van der Waals surface area contributed by atoms with E-state index < -0.39 is 0 Å². The Morgan fingerprint density at radius 3 is 2.54 bits per heavy atom. The van der Waals surface area contributed by atoms with Gasteiger partial charge in [0, 0.05) is 28.7 Å². The molecule has 1 amide bonds. The van der Waals surface area contributed by atoms with Gasteiger partial charge in [-0.05, 0) is 98.6 Å². The molecule has 0 spiro atoms. The van der Waals surface area contributed by atoms with Crippen LogP contribution in [0.2, 0.25) is 0 Å². The number of hydrogen-bond acceptors (Lipinski definition) is 6. The second-order valence-corrected chi connectivity index (χ2v) is 12.0. The molecule has 39 heavy (non-hydrogen) atoms. The van der Waals surface area contributed by atoms with E-state index in [0.717, 1.165) is 80.4 Å². The summed E-state index contributed by atoms with van der Waals surface area (Å²) < 4.78 is 11.4. The Morgan fingerprint density at radius 1 is 1.05 bits per heavy atom. The number of carbonyl (C=O) groups excluding carboxylic acids is 1. The molecule has 2 N–H and O–H groups in total. The van der Waals surface area contributed by atoms with Gasteiger partial charge >= 0.3 is 0 Å². The fourth-order valence-corrected chi connectivity index (χ4v) is 6.84. The van der Waals surface area contributed by atoms with Crippen molar-refractivity contribution in [1.29, 1.82) is 0 Å². The molecular formula is C32H40N2O4S. The minimum absolute atomic E-state index is 0.0683. The van der Waals surface area contributed by atoms with Crippen LogP contribution in [-0.4, -0.2) is 23.1 Å². The molecule has 2 aliphatic rings. The highest BCUT2D eigenvalue weighted by Crippen LogP contribution is 2.41. The van der Waals surface area contributed by atoms with Gasteiger partial charge in [-0.15, -0.1) is 0 Å². The van der Waals surface area contributed by atoms with Gasteiger partial charge in [0.15, 0.2) is 0 Å². The standard InChI is InChI=1S/C32H40N2O4S/c1-21-18-25(12-15-30(21)37-2)23-10-8-22(9-11-23)19-26-27(20-38-32-33-16-17-39-32)29(35)14-13-28(26)34-31(36)24-6-4-3-5-7-24/h12-18,22-24,35H,3-11,19-20H2,1-2H3,(H,34,36). The molecule has 0 radical (unpaired) electrons. The summed E-state index contributed by atoms with van der Waals surface area (Å²) in [5.74, 6) is 2.34. The van der Waals surface area contributed by atoms with E-state index in [2.05, 4.69) is 35.4 Å². The molecule has 7 heteroatoms. The van der Waals surface area contributed by atoms with E-state index in [1.807, 2.05) is 11.4 Å². The molecule has 0 atom stereocenters. The maximum absolute atomic E-state index is 13.2. The van der Waals surface area contributed by atoms with Crippen molar-refractivity contribution in [3.63, 3.8) is 0 Å². The number of aromatic hydroxyl groups is 1. The third-order valence-electron chi connectivity index (χ3n) is 8.62. The van der Waals surface area contributed by atoms with Crippen molar-refractivity contribution in [1.82, 2.24) is 4.98 Å². The van der Waals surface area contributed by atoms with Crippen molar-refractivity contribution in [2.75, 3.05) is 12.4 Å². The molecule has 0 aliphatic heterocycles. The normalized spacial score (nSPS) is 19.9. The minimum Gasteiger partial charge on any atom is -0.508 e. The summed E-state index contributed by atoms with van der Waals surface area (Å²) in [6, 6.07) is 10.1. The van der Waals surface area contributed by atoms with Gasteiger partial charge in [0.05, 0.1) is 7.11 Å². The Balaban J connectivity index is 1.33. The summed E-state index contributed by atoms with van der Waals surface area (Å²) in [7, 11) is 1.72. The van der Waals surface area contributed by atoms with Crippen LogP contribution in [0.3, 0.4) is 0 Å². The van der Waals surface area contributed by atoms with Crippen molar-refractivity contribution in [3.05, 3.63) is 64.2 Å². The number of nitrogens with one attached hydrogen (secondary N) is 1. The number of rotatable bonds is 9. The number of amides is 1. The fraction of sp³-hybridized carbons (Fsp3) is 0.500. The summed E-state index contributed by atoms with van der Waals surface area (Å²) in [5, 5.41) is 16.6. The Bertz CT molecular complexity index is 1250. The first-order valence-corrected chi connectivity index (χ1v) is 15.2. The number of aryl methyl sites for hydroxylation is 1. The van der Waals surface area contributed by atoms with Gasteiger partial charge in [-0.3, -0.25) is 4.79 Å². The van der Waals surface area contributed by atoms with Crippen LogP contribution in [0.1, 0.15) is 86.0 Å². The van der Waals surface area contributed by atoms with Crippen LogP contribution >= 0.6 is 11.3 Å². The van der Waals surface area contributed by atoms with E-state index in [4.69, 9.17) is 9.47 Å². The van der Waals surface area contributed by atoms with Crippen LogP contribution in [0, 0.1) is 18.8 Å². The lowest BCUT2D eigenvalue weighted by molar-refractivity contribution is -0.120. The zero-order chi connectivity index (χ0) is 27.2. The zero-order valence-electron chi connectivity index (χ0n) is 23.1. The number of carbonyl (C=O) groups is 1. The smallest absolute Gasteiger partial charge is 0.273 e. The van der Waals surface area contributed by atoms with Crippen molar-refractivity contribution >= 4 is 22.9 Å². The molecule has 5 rings (SSSR count).